The molecule has 0 spiro atoms. The van der Waals surface area contributed by atoms with Crippen molar-refractivity contribution in [2.24, 2.45) is 0 Å². The zero-order valence-electron chi connectivity index (χ0n) is 12.4. The average molecular weight is 316 g/mol. The van der Waals surface area contributed by atoms with E-state index in [1.54, 1.807) is 11.3 Å². The largest absolute Gasteiger partial charge is 0.310 e. The molecule has 0 aliphatic heterocycles. The van der Waals surface area contributed by atoms with E-state index in [-0.39, 0.29) is 0 Å². The summed E-state index contributed by atoms with van der Waals surface area (Å²) in [6.45, 7) is 5.44. The fraction of sp³-hybridized carbons (Fsp3) is 0.353. The van der Waals surface area contributed by atoms with Gasteiger partial charge in [0.1, 0.15) is 0 Å². The Morgan fingerprint density at radius 1 is 1.19 bits per heavy atom. The van der Waals surface area contributed by atoms with Gasteiger partial charge < -0.3 is 5.32 Å². The van der Waals surface area contributed by atoms with E-state index in [4.69, 9.17) is 0 Å². The Hall–Kier alpha value is -1.23. The normalized spacial score (nSPS) is 12.9. The van der Waals surface area contributed by atoms with Crippen LogP contribution in [0.4, 0.5) is 0 Å². The van der Waals surface area contributed by atoms with Gasteiger partial charge >= 0.3 is 0 Å². The van der Waals surface area contributed by atoms with Crippen LogP contribution in [0.5, 0.6) is 0 Å². The average Bonchev–Trinajstić information content (AvgIpc) is 3.15. The van der Waals surface area contributed by atoms with E-state index in [9.17, 15) is 0 Å². The molecule has 2 aromatic heterocycles. The van der Waals surface area contributed by atoms with Crippen molar-refractivity contribution in [1.29, 1.82) is 0 Å². The summed E-state index contributed by atoms with van der Waals surface area (Å²) in [7, 11) is 0. The summed E-state index contributed by atoms with van der Waals surface area (Å²) in [6.07, 6.45) is 2.40. The fourth-order valence-corrected chi connectivity index (χ4v) is 4.41. The van der Waals surface area contributed by atoms with E-state index in [2.05, 4.69) is 54.5 Å². The van der Waals surface area contributed by atoms with Crippen molar-refractivity contribution in [1.82, 2.24) is 10.3 Å². The van der Waals surface area contributed by atoms with Crippen LogP contribution in [-0.4, -0.2) is 11.5 Å². The topological polar surface area (TPSA) is 24.9 Å². The molecule has 2 nitrogen and oxygen atoms in total. The number of thiophene rings is 1. The van der Waals surface area contributed by atoms with Crippen LogP contribution in [0.25, 0.3) is 20.7 Å². The molecule has 1 atom stereocenters. The van der Waals surface area contributed by atoms with Crippen molar-refractivity contribution in [3.63, 3.8) is 0 Å². The van der Waals surface area contributed by atoms with E-state index in [0.717, 1.165) is 12.1 Å². The summed E-state index contributed by atoms with van der Waals surface area (Å²) in [5.74, 6) is 0. The van der Waals surface area contributed by atoms with Crippen molar-refractivity contribution in [2.45, 2.75) is 32.7 Å². The van der Waals surface area contributed by atoms with Gasteiger partial charge in [-0.3, -0.25) is 0 Å². The molecule has 0 radical (unpaired) electrons. The monoisotopic (exact) mass is 316 g/mol. The van der Waals surface area contributed by atoms with Gasteiger partial charge in [-0.15, -0.1) is 22.7 Å². The molecule has 2 heterocycles. The van der Waals surface area contributed by atoms with Crippen molar-refractivity contribution in [2.75, 3.05) is 6.54 Å². The molecule has 3 rings (SSSR count). The highest BCUT2D eigenvalue weighted by Gasteiger charge is 2.13. The van der Waals surface area contributed by atoms with Crippen LogP contribution in [0.15, 0.2) is 35.8 Å². The number of rotatable bonds is 6. The first kappa shape index (κ1) is 14.7. The molecule has 0 bridgehead atoms. The van der Waals surface area contributed by atoms with E-state index in [0.29, 0.717) is 6.04 Å². The SMILES string of the molecule is CCCC(NCC)c1ccc(-c2ccc3ncsc3c2)s1. The fourth-order valence-electron chi connectivity index (χ4n) is 2.58. The predicted molar refractivity (Wildman–Crippen MR) is 94.3 cm³/mol. The maximum Gasteiger partial charge on any atom is 0.0812 e. The van der Waals surface area contributed by atoms with Crippen LogP contribution in [0.1, 0.15) is 37.6 Å². The molecular weight excluding hydrogens is 296 g/mol. The third-order valence-corrected chi connectivity index (χ3v) is 5.65. The molecule has 0 aliphatic rings. The predicted octanol–water partition coefficient (Wildman–Crippen LogP) is 5.48. The van der Waals surface area contributed by atoms with Gasteiger partial charge in [-0.05, 0) is 42.8 Å². The first-order valence-electron chi connectivity index (χ1n) is 7.48. The molecule has 0 amide bonds. The molecule has 0 saturated carbocycles. The lowest BCUT2D eigenvalue weighted by atomic mass is 10.1. The smallest absolute Gasteiger partial charge is 0.0812 e. The quantitative estimate of drug-likeness (QED) is 0.651. The number of aromatic nitrogens is 1. The highest BCUT2D eigenvalue weighted by atomic mass is 32.1. The van der Waals surface area contributed by atoms with Crippen LogP contribution < -0.4 is 5.32 Å². The maximum atomic E-state index is 4.35. The number of hydrogen-bond acceptors (Lipinski definition) is 4. The Labute approximate surface area is 133 Å². The number of benzene rings is 1. The third-order valence-electron chi connectivity index (χ3n) is 3.61. The Morgan fingerprint density at radius 2 is 2.10 bits per heavy atom. The Kier molecular flexibility index (Phi) is 4.68. The minimum Gasteiger partial charge on any atom is -0.310 e. The second-order valence-electron chi connectivity index (χ2n) is 5.14. The number of nitrogens with one attached hydrogen (secondary N) is 1. The number of hydrogen-bond donors (Lipinski definition) is 1. The van der Waals surface area contributed by atoms with Gasteiger partial charge in [0.25, 0.3) is 0 Å². The molecule has 0 saturated heterocycles. The molecule has 0 aliphatic carbocycles. The lowest BCUT2D eigenvalue weighted by Crippen LogP contribution is -2.19. The summed E-state index contributed by atoms with van der Waals surface area (Å²) >= 11 is 3.61. The highest BCUT2D eigenvalue weighted by molar-refractivity contribution is 7.17. The van der Waals surface area contributed by atoms with Crippen molar-refractivity contribution in [3.8, 4) is 10.4 Å². The van der Waals surface area contributed by atoms with Gasteiger partial charge in [-0.25, -0.2) is 4.98 Å². The van der Waals surface area contributed by atoms with Crippen LogP contribution >= 0.6 is 22.7 Å². The lowest BCUT2D eigenvalue weighted by molar-refractivity contribution is 0.516. The van der Waals surface area contributed by atoms with Gasteiger partial charge in [0.15, 0.2) is 0 Å². The Balaban J connectivity index is 1.89. The van der Waals surface area contributed by atoms with E-state index in [1.165, 1.54) is 32.9 Å². The molecule has 4 heteroatoms. The van der Waals surface area contributed by atoms with Gasteiger partial charge in [0.2, 0.25) is 0 Å². The molecule has 1 aromatic carbocycles. The zero-order chi connectivity index (χ0) is 14.7. The molecule has 0 fully saturated rings. The van der Waals surface area contributed by atoms with Crippen LogP contribution in [0, 0.1) is 0 Å². The first-order valence-corrected chi connectivity index (χ1v) is 9.18. The Bertz CT molecular complexity index is 708. The van der Waals surface area contributed by atoms with Crippen LogP contribution in [-0.2, 0) is 0 Å². The number of fused-ring (bicyclic) bond motifs is 1. The summed E-state index contributed by atoms with van der Waals surface area (Å²) < 4.78 is 1.26. The van der Waals surface area contributed by atoms with E-state index < -0.39 is 0 Å². The lowest BCUT2D eigenvalue weighted by Gasteiger charge is -2.15. The minimum atomic E-state index is 0.492. The summed E-state index contributed by atoms with van der Waals surface area (Å²) in [6, 6.07) is 11.6. The highest BCUT2D eigenvalue weighted by Crippen LogP contribution is 2.34. The van der Waals surface area contributed by atoms with Crippen molar-refractivity contribution >= 4 is 32.9 Å². The van der Waals surface area contributed by atoms with Crippen LogP contribution in [0.3, 0.4) is 0 Å². The van der Waals surface area contributed by atoms with Gasteiger partial charge in [-0.2, -0.15) is 0 Å². The molecule has 1 unspecified atom stereocenters. The molecule has 110 valence electrons. The summed E-state index contributed by atoms with van der Waals surface area (Å²) in [5, 5.41) is 3.59. The minimum absolute atomic E-state index is 0.492. The summed E-state index contributed by atoms with van der Waals surface area (Å²) in [5.41, 5.74) is 4.31. The Morgan fingerprint density at radius 3 is 2.90 bits per heavy atom. The second kappa shape index (κ2) is 6.69. The number of thiazole rings is 1. The first-order chi connectivity index (χ1) is 10.3. The van der Waals surface area contributed by atoms with E-state index >= 15 is 0 Å². The molecule has 21 heavy (non-hydrogen) atoms. The van der Waals surface area contributed by atoms with Gasteiger partial charge in [0, 0.05) is 15.8 Å². The molecular formula is C17H20N2S2. The van der Waals surface area contributed by atoms with Crippen molar-refractivity contribution in [3.05, 3.63) is 40.7 Å². The molecule has 1 N–H and O–H groups in total. The third kappa shape index (κ3) is 3.18. The van der Waals surface area contributed by atoms with Crippen molar-refractivity contribution < 1.29 is 0 Å². The maximum absolute atomic E-state index is 4.35. The van der Waals surface area contributed by atoms with E-state index in [1.807, 2.05) is 16.8 Å². The number of nitrogens with zero attached hydrogens (tertiary/aromatic N) is 1. The van der Waals surface area contributed by atoms with Gasteiger partial charge in [-0.1, -0.05) is 26.3 Å². The molecule has 3 aromatic rings. The second-order valence-corrected chi connectivity index (χ2v) is 7.14. The standard InChI is InChI=1S/C17H20N2S2/c1-3-5-13(18-4-2)16-9-8-15(21-16)12-6-7-14-17(10-12)20-11-19-14/h6-11,13,18H,3-5H2,1-2H3. The zero-order valence-corrected chi connectivity index (χ0v) is 14.1. The van der Waals surface area contributed by atoms with Crippen LogP contribution in [0.2, 0.25) is 0 Å². The van der Waals surface area contributed by atoms with Gasteiger partial charge in [0.05, 0.1) is 15.7 Å². The summed E-state index contributed by atoms with van der Waals surface area (Å²) in [4.78, 5) is 7.14.